The van der Waals surface area contributed by atoms with Crippen LogP contribution in [0.3, 0.4) is 0 Å². The molecule has 5 atom stereocenters. The van der Waals surface area contributed by atoms with Crippen LogP contribution in [0, 0.1) is 23.7 Å². The van der Waals surface area contributed by atoms with Crippen LogP contribution in [-0.4, -0.2) is 0 Å². The first-order valence-electron chi connectivity index (χ1n) is 22.0. The zero-order valence-electron chi connectivity index (χ0n) is 33.8. The van der Waals surface area contributed by atoms with Gasteiger partial charge in [0, 0.05) is 27.8 Å². The van der Waals surface area contributed by atoms with Gasteiger partial charge in [0.15, 0.2) is 0 Å². The quantitative estimate of drug-likeness (QED) is 0.169. The fraction of sp³-hybridized carbons (Fsp3) is 0.207. The van der Waals surface area contributed by atoms with E-state index in [4.69, 9.17) is 0 Å². The van der Waals surface area contributed by atoms with Crippen molar-refractivity contribution in [2.24, 2.45) is 23.7 Å². The maximum Gasteiger partial charge on any atom is 0.0540 e. The number of hydrogen-bond acceptors (Lipinski definition) is 1. The summed E-state index contributed by atoms with van der Waals surface area (Å²) in [5.74, 6) is 3.22. The van der Waals surface area contributed by atoms with E-state index in [2.05, 4.69) is 195 Å². The molecular weight excluding hydrogens is 711 g/mol. The van der Waals surface area contributed by atoms with Crippen molar-refractivity contribution in [1.82, 2.24) is 0 Å². The molecule has 1 heteroatoms. The summed E-state index contributed by atoms with van der Waals surface area (Å²) in [6.45, 7) is 4.81. The van der Waals surface area contributed by atoms with Crippen LogP contribution in [0.25, 0.3) is 55.3 Å². The van der Waals surface area contributed by atoms with Gasteiger partial charge in [0.25, 0.3) is 0 Å². The molecule has 6 aliphatic rings. The molecule has 14 rings (SSSR count). The first-order valence-corrected chi connectivity index (χ1v) is 22.0. The minimum Gasteiger partial charge on any atom is -0.310 e. The molecule has 0 aliphatic heterocycles. The molecule has 1 nitrogen and oxygen atoms in total. The lowest BCUT2D eigenvalue weighted by atomic mass is 9.59. The molecule has 284 valence electrons. The monoisotopic (exact) mass is 757 g/mol. The van der Waals surface area contributed by atoms with Gasteiger partial charge in [-0.25, -0.2) is 0 Å². The Kier molecular flexibility index (Phi) is 6.97. The second kappa shape index (κ2) is 12.2. The molecule has 5 unspecified atom stereocenters. The third-order valence-electron chi connectivity index (χ3n) is 15.8. The van der Waals surface area contributed by atoms with Gasteiger partial charge in [-0.3, -0.25) is 0 Å². The van der Waals surface area contributed by atoms with Crippen molar-refractivity contribution >= 4 is 27.8 Å². The highest BCUT2D eigenvalue weighted by atomic mass is 15.1. The molecule has 4 saturated carbocycles. The Morgan fingerprint density at radius 3 is 1.80 bits per heavy atom. The number of benzene rings is 8. The van der Waals surface area contributed by atoms with Crippen molar-refractivity contribution in [3.63, 3.8) is 0 Å². The first kappa shape index (κ1) is 33.8. The number of fused-ring (bicyclic) bond motifs is 7. The lowest BCUT2D eigenvalue weighted by molar-refractivity contribution is 0.191. The van der Waals surface area contributed by atoms with Crippen molar-refractivity contribution in [2.45, 2.75) is 50.4 Å². The number of para-hydroxylation sites is 1. The molecule has 0 N–H and O–H groups in total. The smallest absolute Gasteiger partial charge is 0.0540 e. The van der Waals surface area contributed by atoms with Crippen LogP contribution in [0.4, 0.5) is 17.1 Å². The highest BCUT2D eigenvalue weighted by Gasteiger charge is 2.66. The Morgan fingerprint density at radius 2 is 1.03 bits per heavy atom. The van der Waals surface area contributed by atoms with Gasteiger partial charge in [0.05, 0.1) is 5.69 Å². The average Bonchev–Trinajstić information content (AvgIpc) is 3.90. The van der Waals surface area contributed by atoms with E-state index in [1.54, 1.807) is 11.1 Å². The Balaban J connectivity index is 1.07. The molecule has 0 aromatic heterocycles. The molecule has 8 aromatic rings. The van der Waals surface area contributed by atoms with E-state index in [0.717, 1.165) is 23.7 Å². The standard InChI is InChI=1S/C58H47N/c1-57(2)50-23-9-6-18-44(50)46-28-26-41(34-53(46)57)59(55-25-11-8-20-48(55)49-22-13-17-38-16-12-21-43(56(38)49)37-14-4-3-5-15-37)42-27-29-47-45-19-7-10-24-51(45)58(54(47)35-42)40-31-36-30-39(33-40)52(58)32-36/h3-29,34-36,39-40,52H,30-33H2,1-2H3. The summed E-state index contributed by atoms with van der Waals surface area (Å²) in [6.07, 6.45) is 5.58. The van der Waals surface area contributed by atoms with Gasteiger partial charge < -0.3 is 4.90 Å². The van der Waals surface area contributed by atoms with Crippen molar-refractivity contribution in [3.8, 4) is 44.5 Å². The van der Waals surface area contributed by atoms with Crippen molar-refractivity contribution in [1.29, 1.82) is 0 Å². The fourth-order valence-electron chi connectivity index (χ4n) is 13.7. The Labute approximate surface area is 348 Å². The van der Waals surface area contributed by atoms with Gasteiger partial charge in [-0.05, 0) is 152 Å². The van der Waals surface area contributed by atoms with Gasteiger partial charge in [0.2, 0.25) is 0 Å². The van der Waals surface area contributed by atoms with Crippen LogP contribution in [0.2, 0.25) is 0 Å². The highest BCUT2D eigenvalue weighted by Crippen LogP contribution is 2.73. The highest BCUT2D eigenvalue weighted by molar-refractivity contribution is 6.09. The fourth-order valence-corrected chi connectivity index (χ4v) is 13.7. The number of hydrogen-bond donors (Lipinski definition) is 0. The molecule has 0 saturated heterocycles. The minimum absolute atomic E-state index is 0.104. The lowest BCUT2D eigenvalue weighted by Crippen LogP contribution is -2.40. The molecule has 0 heterocycles. The summed E-state index contributed by atoms with van der Waals surface area (Å²) in [5, 5.41) is 2.55. The zero-order chi connectivity index (χ0) is 39.0. The van der Waals surface area contributed by atoms with Gasteiger partial charge in [-0.1, -0.05) is 159 Å². The average molecular weight is 758 g/mol. The van der Waals surface area contributed by atoms with E-state index in [1.807, 2.05) is 0 Å². The number of rotatable bonds is 5. The largest absolute Gasteiger partial charge is 0.310 e. The van der Waals surface area contributed by atoms with Crippen LogP contribution in [0.1, 0.15) is 61.8 Å². The third-order valence-corrected chi connectivity index (χ3v) is 15.8. The summed E-state index contributed by atoms with van der Waals surface area (Å²) in [7, 11) is 0. The van der Waals surface area contributed by atoms with Crippen LogP contribution in [0.15, 0.2) is 176 Å². The van der Waals surface area contributed by atoms with Crippen molar-refractivity contribution < 1.29 is 0 Å². The van der Waals surface area contributed by atoms with Crippen LogP contribution < -0.4 is 4.90 Å². The van der Waals surface area contributed by atoms with Gasteiger partial charge in [0.1, 0.15) is 0 Å². The predicted molar refractivity (Wildman–Crippen MR) is 246 cm³/mol. The van der Waals surface area contributed by atoms with E-state index in [-0.39, 0.29) is 10.8 Å². The minimum atomic E-state index is -0.112. The molecule has 6 aliphatic carbocycles. The van der Waals surface area contributed by atoms with Crippen LogP contribution >= 0.6 is 0 Å². The third kappa shape index (κ3) is 4.51. The SMILES string of the molecule is CC1(C)c2ccccc2-c2ccc(N(c3ccc4c(c3)C3(c5ccccc5-4)C4CC5CC(C4)C3C5)c3ccccc3-c3cccc4cccc(-c5ccccc5)c34)cc21. The first-order chi connectivity index (χ1) is 29.0. The Morgan fingerprint density at radius 1 is 0.441 bits per heavy atom. The van der Waals surface area contributed by atoms with E-state index in [0.29, 0.717) is 0 Å². The van der Waals surface area contributed by atoms with Crippen molar-refractivity contribution in [3.05, 3.63) is 198 Å². The molecule has 4 bridgehead atoms. The summed E-state index contributed by atoms with van der Waals surface area (Å²) in [4.78, 5) is 2.61. The molecule has 0 amide bonds. The van der Waals surface area contributed by atoms with E-state index < -0.39 is 0 Å². The van der Waals surface area contributed by atoms with Gasteiger partial charge in [-0.2, -0.15) is 0 Å². The summed E-state index contributed by atoms with van der Waals surface area (Å²) in [6, 6.07) is 67.1. The van der Waals surface area contributed by atoms with Gasteiger partial charge in [-0.15, -0.1) is 0 Å². The molecular formula is C58H47N. The maximum atomic E-state index is 2.66. The molecule has 8 aromatic carbocycles. The summed E-state index contributed by atoms with van der Waals surface area (Å²) in [5.41, 5.74) is 20.3. The van der Waals surface area contributed by atoms with Crippen molar-refractivity contribution in [2.75, 3.05) is 4.90 Å². The van der Waals surface area contributed by atoms with E-state index >= 15 is 0 Å². The Bertz CT molecular complexity index is 3020. The molecule has 59 heavy (non-hydrogen) atoms. The second-order valence-electron chi connectivity index (χ2n) is 18.8. The topological polar surface area (TPSA) is 3.24 Å². The maximum absolute atomic E-state index is 2.66. The number of anilines is 3. The Hall–Kier alpha value is -6.18. The van der Waals surface area contributed by atoms with Gasteiger partial charge >= 0.3 is 0 Å². The summed E-state index contributed by atoms with van der Waals surface area (Å²) >= 11 is 0. The zero-order valence-corrected chi connectivity index (χ0v) is 33.8. The lowest BCUT2D eigenvalue weighted by Gasteiger charge is -2.44. The van der Waals surface area contributed by atoms with E-state index in [1.165, 1.54) is 109 Å². The van der Waals surface area contributed by atoms with E-state index in [9.17, 15) is 0 Å². The molecule has 4 fully saturated rings. The van der Waals surface area contributed by atoms with Crippen LogP contribution in [-0.2, 0) is 10.8 Å². The molecule has 0 radical (unpaired) electrons. The van der Waals surface area contributed by atoms with Crippen LogP contribution in [0.5, 0.6) is 0 Å². The summed E-state index contributed by atoms with van der Waals surface area (Å²) < 4.78 is 0. The predicted octanol–water partition coefficient (Wildman–Crippen LogP) is 15.3. The number of nitrogens with zero attached hydrogens (tertiary/aromatic N) is 1. The second-order valence-corrected chi connectivity index (χ2v) is 18.8. The molecule has 1 spiro atoms. The normalized spacial score (nSPS) is 23.4.